The normalized spacial score (nSPS) is 13.4. The first-order chi connectivity index (χ1) is 8.29. The van der Waals surface area contributed by atoms with E-state index in [4.69, 9.17) is 0 Å². The Kier molecular flexibility index (Phi) is 5.15. The van der Waals surface area contributed by atoms with E-state index in [0.717, 1.165) is 10.4 Å². The fourth-order valence-corrected chi connectivity index (χ4v) is 2.04. The smallest absolute Gasteiger partial charge is 0.359 e. The Hall–Kier alpha value is -1.08. The Morgan fingerprint density at radius 2 is 2.22 bits per heavy atom. The summed E-state index contributed by atoms with van der Waals surface area (Å²) in [6.45, 7) is 2.09. The Balaban J connectivity index is 2.34. The number of aryl methyl sites for hydroxylation is 1. The zero-order valence-electron chi connectivity index (χ0n) is 10.0. The van der Waals surface area contributed by atoms with Gasteiger partial charge >= 0.3 is 6.18 Å². The standard InChI is InChI=1S/C11H14F3NO2S/c1-7-3-4-18-9(7)5-15-10(16)8(2)17-6-11(12,13)14/h3-4,8H,5-6H2,1-2H3,(H,15,16)/t8-/m0/s1. The van der Waals surface area contributed by atoms with Crippen molar-refractivity contribution < 1.29 is 22.7 Å². The molecule has 0 aromatic carbocycles. The van der Waals surface area contributed by atoms with Crippen LogP contribution in [0.1, 0.15) is 17.4 Å². The van der Waals surface area contributed by atoms with Gasteiger partial charge in [-0.05, 0) is 30.9 Å². The number of halogens is 3. The van der Waals surface area contributed by atoms with Gasteiger partial charge in [-0.25, -0.2) is 0 Å². The zero-order chi connectivity index (χ0) is 13.8. The second-order valence-corrected chi connectivity index (χ2v) is 4.81. The van der Waals surface area contributed by atoms with Crippen LogP contribution in [-0.2, 0) is 16.1 Å². The molecule has 0 aliphatic rings. The lowest BCUT2D eigenvalue weighted by Gasteiger charge is -2.14. The summed E-state index contributed by atoms with van der Waals surface area (Å²) in [5.74, 6) is -0.549. The predicted molar refractivity (Wildman–Crippen MR) is 62.4 cm³/mol. The summed E-state index contributed by atoms with van der Waals surface area (Å²) in [6.07, 6.45) is -5.54. The number of carbonyl (C=O) groups is 1. The van der Waals surface area contributed by atoms with Crippen molar-refractivity contribution in [2.75, 3.05) is 6.61 Å². The van der Waals surface area contributed by atoms with Gasteiger partial charge in [-0.15, -0.1) is 11.3 Å². The predicted octanol–water partition coefficient (Wildman–Crippen LogP) is 2.64. The van der Waals surface area contributed by atoms with E-state index in [0.29, 0.717) is 6.54 Å². The van der Waals surface area contributed by atoms with Gasteiger partial charge in [-0.1, -0.05) is 0 Å². The highest BCUT2D eigenvalue weighted by atomic mass is 32.1. The molecule has 102 valence electrons. The van der Waals surface area contributed by atoms with Crippen molar-refractivity contribution in [1.82, 2.24) is 5.32 Å². The lowest BCUT2D eigenvalue weighted by Crippen LogP contribution is -2.36. The summed E-state index contributed by atoms with van der Waals surface area (Å²) in [5.41, 5.74) is 1.05. The summed E-state index contributed by atoms with van der Waals surface area (Å²) in [5, 5.41) is 4.43. The van der Waals surface area contributed by atoms with E-state index in [1.54, 1.807) is 0 Å². The third kappa shape index (κ3) is 5.05. The molecule has 0 aliphatic carbocycles. The van der Waals surface area contributed by atoms with E-state index in [1.807, 2.05) is 18.4 Å². The van der Waals surface area contributed by atoms with Gasteiger partial charge in [0.15, 0.2) is 0 Å². The van der Waals surface area contributed by atoms with Gasteiger partial charge in [0, 0.05) is 4.88 Å². The molecule has 0 radical (unpaired) electrons. The summed E-state index contributed by atoms with van der Waals surface area (Å²) in [6, 6.07) is 1.91. The van der Waals surface area contributed by atoms with Crippen molar-refractivity contribution in [3.05, 3.63) is 21.9 Å². The van der Waals surface area contributed by atoms with Gasteiger partial charge in [0.2, 0.25) is 5.91 Å². The van der Waals surface area contributed by atoms with Crippen molar-refractivity contribution in [2.45, 2.75) is 32.7 Å². The highest BCUT2D eigenvalue weighted by molar-refractivity contribution is 7.10. The molecule has 3 nitrogen and oxygen atoms in total. The van der Waals surface area contributed by atoms with E-state index in [1.165, 1.54) is 18.3 Å². The van der Waals surface area contributed by atoms with E-state index in [-0.39, 0.29) is 0 Å². The number of amides is 1. The van der Waals surface area contributed by atoms with Crippen LogP contribution in [0.25, 0.3) is 0 Å². The topological polar surface area (TPSA) is 38.3 Å². The maximum Gasteiger partial charge on any atom is 0.411 e. The number of alkyl halides is 3. The van der Waals surface area contributed by atoms with Crippen LogP contribution in [0.3, 0.4) is 0 Å². The maximum atomic E-state index is 11.9. The van der Waals surface area contributed by atoms with E-state index >= 15 is 0 Å². The molecule has 0 unspecified atom stereocenters. The molecular weight excluding hydrogens is 267 g/mol. The molecule has 1 aromatic rings. The Morgan fingerprint density at radius 3 is 2.72 bits per heavy atom. The summed E-state index contributed by atoms with van der Waals surface area (Å²) in [4.78, 5) is 12.4. The second-order valence-electron chi connectivity index (χ2n) is 3.81. The monoisotopic (exact) mass is 281 g/mol. The fourth-order valence-electron chi connectivity index (χ4n) is 1.19. The zero-order valence-corrected chi connectivity index (χ0v) is 10.8. The van der Waals surface area contributed by atoms with Crippen LogP contribution in [0.2, 0.25) is 0 Å². The molecule has 1 N–H and O–H groups in total. The largest absolute Gasteiger partial charge is 0.411 e. The van der Waals surface area contributed by atoms with Gasteiger partial charge in [-0.2, -0.15) is 13.2 Å². The Morgan fingerprint density at radius 1 is 1.56 bits per heavy atom. The van der Waals surface area contributed by atoms with Crippen molar-refractivity contribution >= 4 is 17.2 Å². The van der Waals surface area contributed by atoms with Crippen LogP contribution in [-0.4, -0.2) is 24.8 Å². The van der Waals surface area contributed by atoms with Crippen LogP contribution >= 0.6 is 11.3 Å². The number of hydrogen-bond acceptors (Lipinski definition) is 3. The molecule has 0 saturated carbocycles. The number of thiophene rings is 1. The molecule has 18 heavy (non-hydrogen) atoms. The molecule has 1 aromatic heterocycles. The fraction of sp³-hybridized carbons (Fsp3) is 0.545. The van der Waals surface area contributed by atoms with Crippen molar-refractivity contribution in [3.8, 4) is 0 Å². The number of carbonyl (C=O) groups excluding carboxylic acids is 1. The minimum absolute atomic E-state index is 0.308. The van der Waals surface area contributed by atoms with E-state index in [2.05, 4.69) is 10.1 Å². The third-order valence-electron chi connectivity index (χ3n) is 2.26. The summed E-state index contributed by atoms with van der Waals surface area (Å²) in [7, 11) is 0. The van der Waals surface area contributed by atoms with Gasteiger partial charge in [-0.3, -0.25) is 4.79 Å². The van der Waals surface area contributed by atoms with Gasteiger partial charge in [0.25, 0.3) is 0 Å². The van der Waals surface area contributed by atoms with Gasteiger partial charge in [0.05, 0.1) is 6.54 Å². The van der Waals surface area contributed by atoms with E-state index < -0.39 is 24.8 Å². The van der Waals surface area contributed by atoms with Gasteiger partial charge < -0.3 is 10.1 Å². The van der Waals surface area contributed by atoms with Crippen LogP contribution in [0.15, 0.2) is 11.4 Å². The number of nitrogens with one attached hydrogen (secondary N) is 1. The molecule has 0 bridgehead atoms. The molecule has 1 heterocycles. The summed E-state index contributed by atoms with van der Waals surface area (Å²) < 4.78 is 40.1. The van der Waals surface area contributed by atoms with Crippen molar-refractivity contribution in [1.29, 1.82) is 0 Å². The van der Waals surface area contributed by atoms with E-state index in [9.17, 15) is 18.0 Å². The SMILES string of the molecule is Cc1ccsc1CNC(=O)[C@H](C)OCC(F)(F)F. The molecule has 0 aliphatic heterocycles. The first-order valence-corrected chi connectivity index (χ1v) is 6.16. The molecule has 0 fully saturated rings. The molecule has 1 amide bonds. The van der Waals surface area contributed by atoms with Crippen LogP contribution < -0.4 is 5.32 Å². The minimum Gasteiger partial charge on any atom is -0.359 e. The molecule has 1 rings (SSSR count). The minimum atomic E-state index is -4.42. The molecule has 1 atom stereocenters. The van der Waals surface area contributed by atoms with Crippen LogP contribution in [0.5, 0.6) is 0 Å². The lowest BCUT2D eigenvalue weighted by atomic mass is 10.3. The molecular formula is C11H14F3NO2S. The Bertz CT molecular complexity index is 403. The van der Waals surface area contributed by atoms with Crippen molar-refractivity contribution in [3.63, 3.8) is 0 Å². The first-order valence-electron chi connectivity index (χ1n) is 5.28. The van der Waals surface area contributed by atoms with Crippen LogP contribution in [0, 0.1) is 6.92 Å². The highest BCUT2D eigenvalue weighted by Crippen LogP contribution is 2.16. The highest BCUT2D eigenvalue weighted by Gasteiger charge is 2.29. The average Bonchev–Trinajstić information content (AvgIpc) is 2.67. The number of hydrogen-bond donors (Lipinski definition) is 1. The number of ether oxygens (including phenoxy) is 1. The van der Waals surface area contributed by atoms with Crippen molar-refractivity contribution in [2.24, 2.45) is 0 Å². The molecule has 0 saturated heterocycles. The Labute approximate surface area is 107 Å². The second kappa shape index (κ2) is 6.19. The van der Waals surface area contributed by atoms with Crippen LogP contribution in [0.4, 0.5) is 13.2 Å². The molecule has 0 spiro atoms. The lowest BCUT2D eigenvalue weighted by molar-refractivity contribution is -0.185. The third-order valence-corrected chi connectivity index (χ3v) is 3.28. The first kappa shape index (κ1) is 15.0. The quantitative estimate of drug-likeness (QED) is 0.901. The summed E-state index contributed by atoms with van der Waals surface area (Å²) >= 11 is 1.49. The molecule has 7 heteroatoms. The number of rotatable bonds is 5. The average molecular weight is 281 g/mol. The maximum absolute atomic E-state index is 11.9. The van der Waals surface area contributed by atoms with Gasteiger partial charge in [0.1, 0.15) is 12.7 Å².